The third kappa shape index (κ3) is 5.49. The quantitative estimate of drug-likeness (QED) is 0.146. The fraction of sp³-hybridized carbons (Fsp3) is 0.160. The molecule has 1 heterocycles. The molecule has 0 aliphatic heterocycles. The molecule has 0 atom stereocenters. The van der Waals surface area contributed by atoms with E-state index in [9.17, 15) is 13.2 Å². The van der Waals surface area contributed by atoms with Crippen LogP contribution in [0.3, 0.4) is 0 Å². The number of aromatic nitrogens is 3. The van der Waals surface area contributed by atoms with Crippen molar-refractivity contribution in [1.29, 1.82) is 0 Å². The van der Waals surface area contributed by atoms with Crippen LogP contribution >= 0.6 is 0 Å². The largest absolute Gasteiger partial charge is 0.463 e. The molecule has 174 valence electrons. The molecule has 8 nitrogen and oxygen atoms in total. The molecule has 0 N–H and O–H groups in total. The van der Waals surface area contributed by atoms with E-state index >= 15 is 0 Å². The highest BCUT2D eigenvalue weighted by molar-refractivity contribution is 7.87. The van der Waals surface area contributed by atoms with E-state index in [1.807, 2.05) is 30.3 Å². The third-order valence-corrected chi connectivity index (χ3v) is 6.28. The number of ether oxygens (including phenoxy) is 1. The molecular weight excluding hydrogens is 454 g/mol. The van der Waals surface area contributed by atoms with E-state index in [4.69, 9.17) is 8.92 Å². The summed E-state index contributed by atoms with van der Waals surface area (Å²) in [4.78, 5) is 12.6. The molecule has 4 rings (SSSR count). The molecule has 0 fully saturated rings. The van der Waals surface area contributed by atoms with Gasteiger partial charge in [-0.05, 0) is 61.2 Å². The lowest BCUT2D eigenvalue weighted by Crippen LogP contribution is -2.12. The zero-order valence-electron chi connectivity index (χ0n) is 18.3. The van der Waals surface area contributed by atoms with Crippen LogP contribution in [0, 0.1) is 0 Å². The Morgan fingerprint density at radius 3 is 2.29 bits per heavy atom. The fourth-order valence-corrected chi connectivity index (χ4v) is 4.29. The van der Waals surface area contributed by atoms with Gasteiger partial charge in [0.1, 0.15) is 21.6 Å². The summed E-state index contributed by atoms with van der Waals surface area (Å²) in [7, 11) is -4.05. The lowest BCUT2D eigenvalue weighted by molar-refractivity contribution is -0.137. The summed E-state index contributed by atoms with van der Waals surface area (Å²) in [5.41, 5.74) is 2.70. The van der Waals surface area contributed by atoms with Gasteiger partial charge in [0.2, 0.25) is 0 Å². The van der Waals surface area contributed by atoms with Crippen molar-refractivity contribution in [3.05, 3.63) is 91.0 Å². The summed E-state index contributed by atoms with van der Waals surface area (Å²) in [6.07, 6.45) is 3.26. The molecule has 4 aromatic rings. The van der Waals surface area contributed by atoms with Gasteiger partial charge in [0.15, 0.2) is 5.75 Å². The van der Waals surface area contributed by atoms with Crippen LogP contribution in [0.4, 0.5) is 0 Å². The van der Waals surface area contributed by atoms with Crippen LogP contribution in [0.25, 0.3) is 16.7 Å². The summed E-state index contributed by atoms with van der Waals surface area (Å²) in [6.45, 7) is 3.68. The molecule has 3 aromatic carbocycles. The number of carbonyl (C=O) groups excluding carboxylic acids is 1. The number of nitrogens with zero attached hydrogens (tertiary/aromatic N) is 3. The maximum Gasteiger partial charge on any atom is 0.339 e. The number of carbonyl (C=O) groups is 1. The summed E-state index contributed by atoms with van der Waals surface area (Å²) in [5, 5.41) is 8.98. The maximum atomic E-state index is 12.8. The monoisotopic (exact) mass is 477 g/mol. The number of unbranched alkanes of at least 4 members (excludes halogenated alkanes) is 1. The Labute approximate surface area is 197 Å². The third-order valence-electron chi connectivity index (χ3n) is 5.03. The molecule has 34 heavy (non-hydrogen) atoms. The van der Waals surface area contributed by atoms with Gasteiger partial charge < -0.3 is 8.92 Å². The highest BCUT2D eigenvalue weighted by Gasteiger charge is 2.20. The normalized spacial score (nSPS) is 11.3. The molecule has 1 aromatic heterocycles. The van der Waals surface area contributed by atoms with Crippen molar-refractivity contribution in [3.63, 3.8) is 0 Å². The number of benzene rings is 3. The average Bonchev–Trinajstić information content (AvgIpc) is 3.29. The molecule has 9 heteroatoms. The zero-order chi connectivity index (χ0) is 24.0. The number of rotatable bonds is 10. The fourth-order valence-electron chi connectivity index (χ4n) is 3.33. The Kier molecular flexibility index (Phi) is 7.03. The number of hydrogen-bond donors (Lipinski definition) is 0. The van der Waals surface area contributed by atoms with Crippen LogP contribution in [0.2, 0.25) is 0 Å². The first-order valence-corrected chi connectivity index (χ1v) is 12.1. The molecule has 0 spiro atoms. The van der Waals surface area contributed by atoms with Gasteiger partial charge >= 0.3 is 16.1 Å². The average molecular weight is 478 g/mol. The van der Waals surface area contributed by atoms with Gasteiger partial charge in [-0.25, -0.2) is 4.79 Å². The Morgan fingerprint density at radius 2 is 1.62 bits per heavy atom. The lowest BCUT2D eigenvalue weighted by Gasteiger charge is -2.12. The van der Waals surface area contributed by atoms with Crippen LogP contribution in [0.5, 0.6) is 5.75 Å². The van der Waals surface area contributed by atoms with E-state index in [1.165, 1.54) is 16.9 Å². The number of aryl methyl sites for hydroxylation is 1. The molecule has 0 aliphatic carbocycles. The van der Waals surface area contributed by atoms with Crippen molar-refractivity contribution >= 4 is 27.1 Å². The van der Waals surface area contributed by atoms with E-state index in [2.05, 4.69) is 16.8 Å². The molecule has 0 aliphatic rings. The van der Waals surface area contributed by atoms with Crippen molar-refractivity contribution in [2.24, 2.45) is 0 Å². The van der Waals surface area contributed by atoms with Gasteiger partial charge in [-0.3, -0.25) is 0 Å². The van der Waals surface area contributed by atoms with Gasteiger partial charge in [-0.2, -0.15) is 8.42 Å². The van der Waals surface area contributed by atoms with Gasteiger partial charge in [0.05, 0.1) is 6.61 Å². The Balaban J connectivity index is 1.61. The number of fused-ring (bicyclic) bond motifs is 1. The predicted octanol–water partition coefficient (Wildman–Crippen LogP) is 4.24. The van der Waals surface area contributed by atoms with Gasteiger partial charge in [-0.15, -0.1) is 15.0 Å². The summed E-state index contributed by atoms with van der Waals surface area (Å²) >= 11 is 0. The Hall–Kier alpha value is -3.98. The zero-order valence-corrected chi connectivity index (χ0v) is 19.1. The van der Waals surface area contributed by atoms with E-state index in [1.54, 1.807) is 30.3 Å². The molecule has 0 bridgehead atoms. The Morgan fingerprint density at radius 1 is 0.941 bits per heavy atom. The standard InChI is InChI=1S/C25H23N3O5S/c1-2-25(29)32-17-9-8-10-19-15-16-24(33-34(30,31)20-11-4-3-5-12-20)23(18-19)28-26-21-13-6-7-14-22(21)27-28/h2-7,11-16,18H,1,8-10,17H2. The van der Waals surface area contributed by atoms with Gasteiger partial charge in [0, 0.05) is 6.08 Å². The topological polar surface area (TPSA) is 100 Å². The second-order valence-electron chi connectivity index (χ2n) is 7.46. The second-order valence-corrected chi connectivity index (χ2v) is 9.01. The highest BCUT2D eigenvalue weighted by Crippen LogP contribution is 2.28. The van der Waals surface area contributed by atoms with Crippen molar-refractivity contribution in [3.8, 4) is 11.4 Å². The Bertz CT molecular complexity index is 1380. The van der Waals surface area contributed by atoms with Crippen molar-refractivity contribution < 1.29 is 22.1 Å². The number of hydrogen-bond acceptors (Lipinski definition) is 7. The number of esters is 1. The first-order chi connectivity index (χ1) is 16.5. The smallest absolute Gasteiger partial charge is 0.339 e. The van der Waals surface area contributed by atoms with Crippen LogP contribution in [-0.4, -0.2) is 36.0 Å². The second kappa shape index (κ2) is 10.3. The molecule has 0 radical (unpaired) electrons. The summed E-state index contributed by atoms with van der Waals surface area (Å²) < 4.78 is 36.2. The van der Waals surface area contributed by atoms with Crippen LogP contribution in [0.1, 0.15) is 18.4 Å². The maximum absolute atomic E-state index is 12.8. The summed E-state index contributed by atoms with van der Waals surface area (Å²) in [5.74, 6) is -0.326. The van der Waals surface area contributed by atoms with Crippen LogP contribution in [-0.2, 0) is 26.1 Å². The van der Waals surface area contributed by atoms with E-state index in [0.717, 1.165) is 18.1 Å². The SMILES string of the molecule is C=CC(=O)OCCCCc1ccc(OS(=O)(=O)c2ccccc2)c(-n2nc3ccccc3n2)c1. The molecule has 0 saturated heterocycles. The molecule has 0 unspecified atom stereocenters. The minimum Gasteiger partial charge on any atom is -0.463 e. The van der Waals surface area contributed by atoms with E-state index in [-0.39, 0.29) is 10.6 Å². The van der Waals surface area contributed by atoms with Crippen LogP contribution in [0.15, 0.2) is 90.3 Å². The predicted molar refractivity (Wildman–Crippen MR) is 127 cm³/mol. The van der Waals surface area contributed by atoms with Crippen molar-refractivity contribution in [1.82, 2.24) is 15.0 Å². The van der Waals surface area contributed by atoms with Crippen LogP contribution < -0.4 is 4.18 Å². The van der Waals surface area contributed by atoms with Gasteiger partial charge in [0.25, 0.3) is 0 Å². The first kappa shape index (κ1) is 23.2. The van der Waals surface area contributed by atoms with Gasteiger partial charge in [-0.1, -0.05) is 43.0 Å². The molecule has 0 saturated carbocycles. The van der Waals surface area contributed by atoms with E-state index < -0.39 is 16.1 Å². The van der Waals surface area contributed by atoms with E-state index in [0.29, 0.717) is 36.2 Å². The minimum atomic E-state index is -4.05. The molecule has 0 amide bonds. The highest BCUT2D eigenvalue weighted by atomic mass is 32.2. The molecular formula is C25H23N3O5S. The van der Waals surface area contributed by atoms with Crippen molar-refractivity contribution in [2.45, 2.75) is 24.2 Å². The summed E-state index contributed by atoms with van der Waals surface area (Å²) in [6, 6.07) is 20.5. The van der Waals surface area contributed by atoms with Crippen molar-refractivity contribution in [2.75, 3.05) is 6.61 Å². The minimum absolute atomic E-state index is 0.0534. The lowest BCUT2D eigenvalue weighted by atomic mass is 10.1. The first-order valence-electron chi connectivity index (χ1n) is 10.7.